The van der Waals surface area contributed by atoms with Gasteiger partial charge in [0.05, 0.1) is 61.3 Å². The molecule has 24 rings (SSSR count). The molecule has 22 aromatic rings. The number of fused-ring (bicyclic) bond motifs is 10. The third kappa shape index (κ3) is 12.9. The van der Waals surface area contributed by atoms with Crippen molar-refractivity contribution in [3.8, 4) is 79.7 Å². The number of benzene rings is 18. The zero-order valence-corrected chi connectivity index (χ0v) is 71.3. The quantitative estimate of drug-likeness (QED) is 0.106. The van der Waals surface area contributed by atoms with Crippen LogP contribution in [0, 0.1) is 20.8 Å². The molecule has 10 nitrogen and oxygen atoms in total. The Hall–Kier alpha value is -16.8. The normalized spacial score (nSPS) is 12.9. The Kier molecular flexibility index (Phi) is 19.1. The summed E-state index contributed by atoms with van der Waals surface area (Å²) in [5.74, 6) is 3.87. The molecular weight excluding hydrogens is 1570 g/mol. The number of rotatable bonds is 14. The number of anilines is 6. The van der Waals surface area contributed by atoms with Crippen molar-refractivity contribution >= 4 is 77.7 Å². The van der Waals surface area contributed by atoms with Crippen molar-refractivity contribution < 1.29 is 0 Å². The second-order valence-corrected chi connectivity index (χ2v) is 33.3. The van der Waals surface area contributed by atoms with Crippen LogP contribution in [-0.4, -0.2) is 39.0 Å². The maximum absolute atomic E-state index is 5.10. The van der Waals surface area contributed by atoms with E-state index in [0.29, 0.717) is 34.9 Å². The van der Waals surface area contributed by atoms with Crippen molar-refractivity contribution in [2.45, 2.75) is 31.6 Å². The molecular formula is C119H84N10. The Balaban J connectivity index is 0.000000147. The van der Waals surface area contributed by atoms with Crippen LogP contribution in [0.15, 0.2) is 455 Å². The van der Waals surface area contributed by atoms with Gasteiger partial charge in [-0.05, 0) is 197 Å². The molecule has 0 radical (unpaired) electrons. The zero-order chi connectivity index (χ0) is 86.1. The van der Waals surface area contributed by atoms with Crippen LogP contribution in [-0.2, 0) is 10.8 Å². The average Bonchev–Trinajstić information content (AvgIpc) is 1.37. The van der Waals surface area contributed by atoms with E-state index in [4.69, 9.17) is 29.9 Å². The molecule has 610 valence electrons. The van der Waals surface area contributed by atoms with Gasteiger partial charge in [-0.15, -0.1) is 0 Å². The molecule has 0 N–H and O–H groups in total. The summed E-state index contributed by atoms with van der Waals surface area (Å²) in [4.78, 5) is 35.2. The first-order chi connectivity index (χ1) is 63.7. The molecule has 10 heteroatoms. The number of aryl methyl sites for hydroxylation is 3. The molecule has 0 saturated heterocycles. The van der Waals surface area contributed by atoms with Gasteiger partial charge in [0.2, 0.25) is 0 Å². The summed E-state index contributed by atoms with van der Waals surface area (Å²) < 4.78 is 4.79. The summed E-state index contributed by atoms with van der Waals surface area (Å²) >= 11 is 0. The lowest BCUT2D eigenvalue weighted by Crippen LogP contribution is -2.38. The number of aromatic nitrogens is 8. The van der Waals surface area contributed by atoms with Crippen LogP contribution in [0.5, 0.6) is 0 Å². The lowest BCUT2D eigenvalue weighted by molar-refractivity contribution is 0.732. The van der Waals surface area contributed by atoms with E-state index in [2.05, 4.69) is 398 Å². The first kappa shape index (κ1) is 77.0. The molecule has 4 aromatic heterocycles. The van der Waals surface area contributed by atoms with E-state index >= 15 is 0 Å². The van der Waals surface area contributed by atoms with Gasteiger partial charge in [0.15, 0.2) is 34.9 Å². The van der Waals surface area contributed by atoms with Gasteiger partial charge in [-0.1, -0.05) is 340 Å². The lowest BCUT2D eigenvalue weighted by Gasteiger charge is -2.47. The fourth-order valence-corrected chi connectivity index (χ4v) is 20.4. The van der Waals surface area contributed by atoms with E-state index in [-0.39, 0.29) is 0 Å². The largest absolute Gasteiger partial charge is 0.310 e. The van der Waals surface area contributed by atoms with Gasteiger partial charge >= 0.3 is 0 Å². The third-order valence-corrected chi connectivity index (χ3v) is 25.9. The van der Waals surface area contributed by atoms with Crippen molar-refractivity contribution in [3.05, 3.63) is 516 Å². The molecule has 0 amide bonds. The van der Waals surface area contributed by atoms with Crippen LogP contribution in [0.1, 0.15) is 61.2 Å². The van der Waals surface area contributed by atoms with Crippen LogP contribution >= 0.6 is 0 Å². The number of nitrogens with zero attached hydrogens (tertiary/aromatic N) is 10. The second-order valence-electron chi connectivity index (χ2n) is 33.3. The van der Waals surface area contributed by atoms with Crippen LogP contribution < -0.4 is 9.80 Å². The lowest BCUT2D eigenvalue weighted by atomic mass is 9.62. The predicted molar refractivity (Wildman–Crippen MR) is 528 cm³/mol. The minimum atomic E-state index is -0.649. The molecule has 0 saturated carbocycles. The Bertz CT molecular complexity index is 7790. The summed E-state index contributed by atoms with van der Waals surface area (Å²) in [7, 11) is 0. The van der Waals surface area contributed by atoms with Crippen LogP contribution in [0.25, 0.3) is 123 Å². The van der Waals surface area contributed by atoms with Crippen molar-refractivity contribution in [3.63, 3.8) is 0 Å². The molecule has 129 heavy (non-hydrogen) atoms. The monoisotopic (exact) mass is 1650 g/mol. The number of para-hydroxylation sites is 8. The van der Waals surface area contributed by atoms with Crippen LogP contribution in [0.2, 0.25) is 0 Å². The second kappa shape index (κ2) is 32.1. The maximum atomic E-state index is 5.10. The first-order valence-corrected chi connectivity index (χ1v) is 44.0. The molecule has 0 aliphatic carbocycles. The number of hydrogen-bond acceptors (Lipinski definition) is 8. The molecule has 0 atom stereocenters. The Labute approximate surface area is 749 Å². The highest BCUT2D eigenvalue weighted by atomic mass is 15.2. The van der Waals surface area contributed by atoms with E-state index in [1.165, 1.54) is 88.1 Å². The van der Waals surface area contributed by atoms with Gasteiger partial charge in [0.1, 0.15) is 0 Å². The SMILES string of the molecule is Cc1cc(-c2nc(-c3ccccc3)nc(-c3ccccc3)n2)cc(C)c1N1c2ccccc2C(c2ccccc2)(c2ccc3c(c2)c2ccccc2n3-c2ccccc2)c2ccccc21.Cc1cc(N2c3ccccc3C(c3ccccc3)(c3ccc4c(c3)c3ccccc3n4-c3ccccc3)c3ccccc32)ccc1-c1nc(-c2ccccc2)nc(-c2ccccc2)n1. The standard InChI is InChI=1S/C60H43N5.C59H41N5/c1-40-37-44(59-62-57(42-21-7-3-8-22-42)61-58(63-59)43-23-9-4-10-24-43)38-41(2)56(40)65-54-33-19-16-30-50(54)60(45-25-11-5-12-26-45,51-31-17-20-34-55(51)65)46-35-36-53-49(39-46)48-29-15-18-32-52(48)64(53)47-27-13-6-14-28-47;1-40-38-46(35-36-47(40)58-61-56(41-20-6-2-7-21-41)60-57(62-58)42-22-8-3-9-23-42)64-54-32-18-15-29-50(54)59(43-24-10-4-11-25-43,51-30-16-19-33-55(51)64)44-34-37-53-49(39-44)48-28-14-17-31-52(48)63(53)45-26-12-5-13-27-45/h3-39H,1-2H3;2-39H,1H3. The first-order valence-electron chi connectivity index (χ1n) is 44.0. The smallest absolute Gasteiger partial charge is 0.164 e. The van der Waals surface area contributed by atoms with Crippen molar-refractivity contribution in [1.82, 2.24) is 39.0 Å². The molecule has 0 bridgehead atoms. The molecule has 6 heterocycles. The van der Waals surface area contributed by atoms with Crippen molar-refractivity contribution in [1.29, 1.82) is 0 Å². The van der Waals surface area contributed by atoms with Gasteiger partial charge in [-0.2, -0.15) is 0 Å². The van der Waals surface area contributed by atoms with E-state index in [1.54, 1.807) is 0 Å². The van der Waals surface area contributed by atoms with E-state index < -0.39 is 10.8 Å². The number of hydrogen-bond donors (Lipinski definition) is 0. The molecule has 18 aromatic carbocycles. The summed E-state index contributed by atoms with van der Waals surface area (Å²) in [6.07, 6.45) is 0. The highest BCUT2D eigenvalue weighted by Gasteiger charge is 2.49. The van der Waals surface area contributed by atoms with Gasteiger partial charge in [-0.25, -0.2) is 29.9 Å². The van der Waals surface area contributed by atoms with Gasteiger partial charge in [0.25, 0.3) is 0 Å². The molecule has 0 fully saturated rings. The van der Waals surface area contributed by atoms with Gasteiger partial charge in [-0.3, -0.25) is 0 Å². The van der Waals surface area contributed by atoms with E-state index in [9.17, 15) is 0 Å². The summed E-state index contributed by atoms with van der Waals surface area (Å²) in [5, 5.41) is 4.90. The predicted octanol–water partition coefficient (Wildman–Crippen LogP) is 29.2. The topological polar surface area (TPSA) is 93.7 Å². The average molecular weight is 1650 g/mol. The minimum absolute atomic E-state index is 0.641. The molecule has 0 spiro atoms. The fraction of sp³-hybridized carbons (Fsp3) is 0.0420. The maximum Gasteiger partial charge on any atom is 0.164 e. The van der Waals surface area contributed by atoms with Crippen LogP contribution in [0.3, 0.4) is 0 Å². The zero-order valence-electron chi connectivity index (χ0n) is 71.3. The van der Waals surface area contributed by atoms with E-state index in [1.807, 2.05) is 97.1 Å². The minimum Gasteiger partial charge on any atom is -0.310 e. The summed E-state index contributed by atoms with van der Waals surface area (Å²) in [6.45, 7) is 6.58. The Morgan fingerprint density at radius 1 is 0.194 bits per heavy atom. The third-order valence-electron chi connectivity index (χ3n) is 25.9. The van der Waals surface area contributed by atoms with Crippen molar-refractivity contribution in [2.75, 3.05) is 9.80 Å². The molecule has 2 aliphatic rings. The summed E-state index contributed by atoms with van der Waals surface area (Å²) in [5.41, 5.74) is 31.2. The Morgan fingerprint density at radius 3 is 0.853 bits per heavy atom. The molecule has 2 aliphatic heterocycles. The van der Waals surface area contributed by atoms with Gasteiger partial charge < -0.3 is 18.9 Å². The van der Waals surface area contributed by atoms with E-state index in [0.717, 1.165) is 95.6 Å². The highest BCUT2D eigenvalue weighted by molar-refractivity contribution is 6.11. The van der Waals surface area contributed by atoms with Gasteiger partial charge in [0, 0.05) is 72.0 Å². The Morgan fingerprint density at radius 2 is 0.488 bits per heavy atom. The van der Waals surface area contributed by atoms with Crippen LogP contribution in [0.4, 0.5) is 34.1 Å². The fourth-order valence-electron chi connectivity index (χ4n) is 20.4. The van der Waals surface area contributed by atoms with Crippen molar-refractivity contribution in [2.24, 2.45) is 0 Å². The highest BCUT2D eigenvalue weighted by Crippen LogP contribution is 2.61. The summed E-state index contributed by atoms with van der Waals surface area (Å²) in [6, 6.07) is 163. The molecule has 0 unspecified atom stereocenters.